The summed E-state index contributed by atoms with van der Waals surface area (Å²) in [4.78, 5) is 12.7. The Balaban J connectivity index is 0.00000432. The third-order valence-electron chi connectivity index (χ3n) is 4.51. The summed E-state index contributed by atoms with van der Waals surface area (Å²) in [5, 5.41) is 13.5. The number of hydrogen-bond donors (Lipinski definition) is 1. The third kappa shape index (κ3) is 4.85. The summed E-state index contributed by atoms with van der Waals surface area (Å²) in [7, 11) is 0. The van der Waals surface area contributed by atoms with Crippen molar-refractivity contribution >= 4 is 5.78 Å². The number of benzene rings is 2. The van der Waals surface area contributed by atoms with Crippen LogP contribution in [0.1, 0.15) is 32.7 Å². The molecule has 3 rings (SSSR count). The second-order valence-electron chi connectivity index (χ2n) is 6.72. The van der Waals surface area contributed by atoms with E-state index in [0.29, 0.717) is 0 Å². The minimum atomic E-state index is -5.67. The van der Waals surface area contributed by atoms with E-state index in [-0.39, 0.29) is 39.9 Å². The van der Waals surface area contributed by atoms with Crippen LogP contribution in [0, 0.1) is 36.0 Å². The number of alkyl halides is 6. The molecule has 0 spiro atoms. The van der Waals surface area contributed by atoms with Crippen LogP contribution >= 0.6 is 0 Å². The summed E-state index contributed by atoms with van der Waals surface area (Å²) in [5.74, 6) is -14.2. The molecule has 0 aliphatic rings. The fraction of sp³-hybridized carbons (Fsp3) is 0.158. The minimum Gasteiger partial charge on any atom is -0.493 e. The molecule has 189 valence electrons. The van der Waals surface area contributed by atoms with E-state index in [9.17, 15) is 58.2 Å². The molecular weight excluding hydrogens is 552 g/mol. The summed E-state index contributed by atoms with van der Waals surface area (Å²) in [5.41, 5.74) is -9.89. The molecule has 0 aliphatic heterocycles. The maximum Gasteiger partial charge on any atom is 0.419 e. The van der Waals surface area contributed by atoms with Crippen molar-refractivity contribution < 1.29 is 75.3 Å². The molecule has 1 heterocycles. The standard InChI is InChI=1S/C19H7F11N2O2.Mn/c1-5-11(17(34)32(31-5)15-13(23)9(20)4-10(21)14(15)24)16(33)6-2-7(18(25,26)27)12(22)8(3-6)19(28,29)30;/h2-4,34H,1H3;. The predicted octanol–water partition coefficient (Wildman–Crippen LogP) is 5.85. The normalized spacial score (nSPS) is 12.0. The maximum absolute atomic E-state index is 14.1. The Morgan fingerprint density at radius 3 is 1.66 bits per heavy atom. The Kier molecular flexibility index (Phi) is 7.35. The van der Waals surface area contributed by atoms with Crippen molar-refractivity contribution in [2.45, 2.75) is 19.3 Å². The van der Waals surface area contributed by atoms with Crippen molar-refractivity contribution in [1.29, 1.82) is 0 Å². The number of nitrogens with zero attached hydrogens (tertiary/aromatic N) is 2. The molecule has 0 aliphatic carbocycles. The van der Waals surface area contributed by atoms with Gasteiger partial charge >= 0.3 is 12.4 Å². The topological polar surface area (TPSA) is 55.1 Å². The molecule has 0 unspecified atom stereocenters. The van der Waals surface area contributed by atoms with E-state index < -0.39 is 86.7 Å². The van der Waals surface area contributed by atoms with Gasteiger partial charge in [0.1, 0.15) is 17.1 Å². The average molecular weight is 559 g/mol. The Labute approximate surface area is 197 Å². The molecule has 16 heteroatoms. The average Bonchev–Trinajstić information content (AvgIpc) is 2.98. The Bertz CT molecular complexity index is 1270. The van der Waals surface area contributed by atoms with Gasteiger partial charge in [0.05, 0.1) is 16.8 Å². The zero-order valence-electron chi connectivity index (χ0n) is 16.5. The van der Waals surface area contributed by atoms with Crippen LogP contribution in [0.5, 0.6) is 5.88 Å². The minimum absolute atomic E-state index is 0. The predicted molar refractivity (Wildman–Crippen MR) is 89.6 cm³/mol. The molecule has 0 fully saturated rings. The van der Waals surface area contributed by atoms with Crippen LogP contribution < -0.4 is 0 Å². The number of aromatic hydroxyl groups is 1. The van der Waals surface area contributed by atoms with E-state index in [4.69, 9.17) is 0 Å². The van der Waals surface area contributed by atoms with Crippen molar-refractivity contribution in [1.82, 2.24) is 9.78 Å². The van der Waals surface area contributed by atoms with Crippen molar-refractivity contribution in [2.24, 2.45) is 0 Å². The van der Waals surface area contributed by atoms with Gasteiger partial charge in [-0.3, -0.25) is 4.79 Å². The van der Waals surface area contributed by atoms with Crippen LogP contribution in [-0.2, 0) is 29.4 Å². The van der Waals surface area contributed by atoms with Crippen molar-refractivity contribution in [2.75, 3.05) is 0 Å². The fourth-order valence-electron chi connectivity index (χ4n) is 3.00. The Hall–Kier alpha value is -3.13. The van der Waals surface area contributed by atoms with E-state index >= 15 is 0 Å². The van der Waals surface area contributed by atoms with Crippen LogP contribution in [0.25, 0.3) is 5.69 Å². The SMILES string of the molecule is Cc1nn(-c2c(F)c(F)cc(F)c2F)c(O)c1C(=O)c1cc(C(F)(F)F)c(F)c(C(F)(F)F)c1.[Mn]. The molecule has 0 bridgehead atoms. The molecule has 0 atom stereocenters. The summed E-state index contributed by atoms with van der Waals surface area (Å²) >= 11 is 0. The van der Waals surface area contributed by atoms with Gasteiger partial charge in [0.25, 0.3) is 0 Å². The number of halogens is 11. The van der Waals surface area contributed by atoms with Crippen molar-refractivity contribution in [3.8, 4) is 11.6 Å². The smallest absolute Gasteiger partial charge is 0.419 e. The van der Waals surface area contributed by atoms with Gasteiger partial charge in [0, 0.05) is 28.7 Å². The van der Waals surface area contributed by atoms with Crippen molar-refractivity contribution in [3.05, 3.63) is 75.2 Å². The van der Waals surface area contributed by atoms with Gasteiger partial charge < -0.3 is 5.11 Å². The summed E-state index contributed by atoms with van der Waals surface area (Å²) < 4.78 is 147. The van der Waals surface area contributed by atoms with E-state index in [1.807, 2.05) is 0 Å². The van der Waals surface area contributed by atoms with Crippen LogP contribution in [0.3, 0.4) is 0 Å². The first-order valence-corrected chi connectivity index (χ1v) is 8.61. The molecule has 0 saturated heterocycles. The Morgan fingerprint density at radius 2 is 1.26 bits per heavy atom. The summed E-state index contributed by atoms with van der Waals surface area (Å²) in [6, 6.07) is -0.734. The van der Waals surface area contributed by atoms with Crippen LogP contribution in [0.4, 0.5) is 48.3 Å². The fourth-order valence-corrected chi connectivity index (χ4v) is 3.00. The molecule has 1 radical (unpaired) electrons. The molecule has 0 amide bonds. The van der Waals surface area contributed by atoms with Gasteiger partial charge in [0.15, 0.2) is 29.1 Å². The van der Waals surface area contributed by atoms with E-state index in [2.05, 4.69) is 5.10 Å². The zero-order valence-corrected chi connectivity index (χ0v) is 17.7. The second-order valence-corrected chi connectivity index (χ2v) is 6.72. The Morgan fingerprint density at radius 1 is 0.829 bits per heavy atom. The molecule has 0 saturated carbocycles. The molecule has 4 nitrogen and oxygen atoms in total. The molecule has 3 aromatic rings. The number of aryl methyl sites for hydroxylation is 1. The van der Waals surface area contributed by atoms with Gasteiger partial charge in [-0.2, -0.15) is 36.1 Å². The maximum atomic E-state index is 14.1. The number of ketones is 1. The van der Waals surface area contributed by atoms with E-state index in [1.165, 1.54) is 0 Å². The monoisotopic (exact) mass is 559 g/mol. The molecular formula is C19H7F11MnN2O2. The molecule has 2 aromatic carbocycles. The van der Waals surface area contributed by atoms with E-state index in [1.54, 1.807) is 0 Å². The number of aromatic nitrogens is 2. The first-order valence-electron chi connectivity index (χ1n) is 8.61. The van der Waals surface area contributed by atoms with Gasteiger partial charge in [-0.1, -0.05) is 0 Å². The third-order valence-corrected chi connectivity index (χ3v) is 4.51. The number of carbonyl (C=O) groups excluding carboxylic acids is 1. The number of carbonyl (C=O) groups is 1. The first-order chi connectivity index (χ1) is 15.5. The number of hydrogen-bond acceptors (Lipinski definition) is 3. The largest absolute Gasteiger partial charge is 0.493 e. The molecule has 35 heavy (non-hydrogen) atoms. The van der Waals surface area contributed by atoms with Gasteiger partial charge in [0.2, 0.25) is 5.88 Å². The van der Waals surface area contributed by atoms with Crippen LogP contribution in [-0.4, -0.2) is 20.7 Å². The quantitative estimate of drug-likeness (QED) is 0.190. The molecule has 1 N–H and O–H groups in total. The number of rotatable bonds is 3. The molecule has 1 aromatic heterocycles. The summed E-state index contributed by atoms with van der Waals surface area (Å²) in [6.07, 6.45) is -11.3. The van der Waals surface area contributed by atoms with Gasteiger partial charge in [-0.05, 0) is 19.1 Å². The zero-order chi connectivity index (χ0) is 25.9. The van der Waals surface area contributed by atoms with Gasteiger partial charge in [-0.15, -0.1) is 0 Å². The second kappa shape index (κ2) is 9.15. The van der Waals surface area contributed by atoms with Gasteiger partial charge in [-0.25, -0.2) is 22.0 Å². The first kappa shape index (κ1) is 28.1. The van der Waals surface area contributed by atoms with E-state index in [0.717, 1.165) is 6.92 Å². The summed E-state index contributed by atoms with van der Waals surface area (Å²) in [6.45, 7) is 0.841. The van der Waals surface area contributed by atoms with Crippen LogP contribution in [0.2, 0.25) is 0 Å². The van der Waals surface area contributed by atoms with Crippen LogP contribution in [0.15, 0.2) is 18.2 Å². The van der Waals surface area contributed by atoms with Crippen molar-refractivity contribution in [3.63, 3.8) is 0 Å².